The second-order valence-corrected chi connectivity index (χ2v) is 7.59. The van der Waals surface area contributed by atoms with Gasteiger partial charge in [-0.15, -0.1) is 0 Å². The standard InChI is InChI=1S/C16H24ClFN2/c1-15(2)8-14(9-16(3,4)20-15)19-10-11-5-12(17)7-13(18)6-11/h5-7,14,19-20H,8-10H2,1-4H3. The van der Waals surface area contributed by atoms with Crippen LogP contribution in [0.15, 0.2) is 18.2 Å². The van der Waals surface area contributed by atoms with Crippen molar-refractivity contribution in [2.75, 3.05) is 0 Å². The quantitative estimate of drug-likeness (QED) is 0.885. The molecule has 1 aromatic rings. The molecule has 1 aliphatic rings. The lowest BCUT2D eigenvalue weighted by molar-refractivity contribution is 0.145. The number of piperidine rings is 1. The topological polar surface area (TPSA) is 24.1 Å². The van der Waals surface area contributed by atoms with Crippen LogP contribution in [0.5, 0.6) is 0 Å². The van der Waals surface area contributed by atoms with Crippen LogP contribution in [-0.4, -0.2) is 17.1 Å². The Hall–Kier alpha value is -0.640. The van der Waals surface area contributed by atoms with Crippen molar-refractivity contribution in [1.29, 1.82) is 0 Å². The molecule has 1 aliphatic heterocycles. The lowest BCUT2D eigenvalue weighted by Gasteiger charge is -2.46. The van der Waals surface area contributed by atoms with Crippen LogP contribution in [0.4, 0.5) is 4.39 Å². The zero-order chi connectivity index (χ0) is 15.0. The molecule has 0 unspecified atom stereocenters. The molecule has 1 heterocycles. The summed E-state index contributed by atoms with van der Waals surface area (Å²) in [6.07, 6.45) is 2.11. The molecule has 0 saturated carbocycles. The number of hydrogen-bond acceptors (Lipinski definition) is 2. The van der Waals surface area contributed by atoms with Crippen molar-refractivity contribution in [2.24, 2.45) is 0 Å². The van der Waals surface area contributed by atoms with E-state index in [0.717, 1.165) is 18.4 Å². The van der Waals surface area contributed by atoms with E-state index in [2.05, 4.69) is 38.3 Å². The first-order chi connectivity index (χ1) is 9.15. The van der Waals surface area contributed by atoms with Crippen molar-refractivity contribution in [3.05, 3.63) is 34.6 Å². The number of hydrogen-bond donors (Lipinski definition) is 2. The summed E-state index contributed by atoms with van der Waals surface area (Å²) in [4.78, 5) is 0. The van der Waals surface area contributed by atoms with Gasteiger partial charge >= 0.3 is 0 Å². The molecule has 2 rings (SSSR count). The highest BCUT2D eigenvalue weighted by Crippen LogP contribution is 2.28. The Morgan fingerprint density at radius 2 is 1.80 bits per heavy atom. The number of rotatable bonds is 3. The third kappa shape index (κ3) is 4.44. The molecule has 0 spiro atoms. The molecule has 2 N–H and O–H groups in total. The molecular weight excluding hydrogens is 275 g/mol. The van der Waals surface area contributed by atoms with Crippen molar-refractivity contribution in [2.45, 2.75) is 64.2 Å². The Bertz CT molecular complexity index is 449. The minimum atomic E-state index is -0.278. The Morgan fingerprint density at radius 3 is 2.35 bits per heavy atom. The summed E-state index contributed by atoms with van der Waals surface area (Å²) in [5.41, 5.74) is 1.11. The van der Waals surface area contributed by atoms with E-state index >= 15 is 0 Å². The summed E-state index contributed by atoms with van der Waals surface area (Å²) >= 11 is 5.88. The summed E-state index contributed by atoms with van der Waals surface area (Å²) in [5, 5.41) is 7.65. The SMILES string of the molecule is CC1(C)CC(NCc2cc(F)cc(Cl)c2)CC(C)(C)N1. The van der Waals surface area contributed by atoms with Crippen molar-refractivity contribution in [3.8, 4) is 0 Å². The Kier molecular flexibility index (Phi) is 4.43. The summed E-state index contributed by atoms with van der Waals surface area (Å²) < 4.78 is 13.3. The van der Waals surface area contributed by atoms with Gasteiger partial charge in [-0.2, -0.15) is 0 Å². The van der Waals surface area contributed by atoms with Gasteiger partial charge in [0.1, 0.15) is 5.82 Å². The Morgan fingerprint density at radius 1 is 1.20 bits per heavy atom. The maximum Gasteiger partial charge on any atom is 0.125 e. The lowest BCUT2D eigenvalue weighted by Crippen LogP contribution is -2.61. The molecule has 4 heteroatoms. The maximum atomic E-state index is 13.3. The van der Waals surface area contributed by atoms with Gasteiger partial charge in [-0.3, -0.25) is 0 Å². The fraction of sp³-hybridized carbons (Fsp3) is 0.625. The number of benzene rings is 1. The van der Waals surface area contributed by atoms with E-state index in [1.54, 1.807) is 0 Å². The highest BCUT2D eigenvalue weighted by atomic mass is 35.5. The predicted molar refractivity (Wildman–Crippen MR) is 82.6 cm³/mol. The first-order valence-corrected chi connectivity index (χ1v) is 7.51. The minimum Gasteiger partial charge on any atom is -0.310 e. The van der Waals surface area contributed by atoms with Gasteiger partial charge in [-0.25, -0.2) is 4.39 Å². The summed E-state index contributed by atoms with van der Waals surface area (Å²) in [6.45, 7) is 9.54. The molecule has 0 aliphatic carbocycles. The van der Waals surface area contributed by atoms with Crippen LogP contribution in [0, 0.1) is 5.82 Å². The van der Waals surface area contributed by atoms with Crippen molar-refractivity contribution >= 4 is 11.6 Å². The van der Waals surface area contributed by atoms with Gasteiger partial charge < -0.3 is 10.6 Å². The monoisotopic (exact) mass is 298 g/mol. The van der Waals surface area contributed by atoms with Crippen molar-refractivity contribution in [1.82, 2.24) is 10.6 Å². The molecule has 112 valence electrons. The van der Waals surface area contributed by atoms with Gasteiger partial charge in [0.2, 0.25) is 0 Å². The first-order valence-electron chi connectivity index (χ1n) is 7.13. The van der Waals surface area contributed by atoms with Gasteiger partial charge in [0.05, 0.1) is 0 Å². The molecule has 1 saturated heterocycles. The van der Waals surface area contributed by atoms with Gasteiger partial charge in [0, 0.05) is 28.7 Å². The molecule has 1 fully saturated rings. The largest absolute Gasteiger partial charge is 0.310 e. The van der Waals surface area contributed by atoms with Gasteiger partial charge in [0.25, 0.3) is 0 Å². The fourth-order valence-corrected chi connectivity index (χ4v) is 3.69. The van der Waals surface area contributed by atoms with Crippen LogP contribution in [0.1, 0.15) is 46.1 Å². The lowest BCUT2D eigenvalue weighted by atomic mass is 9.79. The van der Waals surface area contributed by atoms with E-state index in [1.807, 2.05) is 6.07 Å². The molecule has 2 nitrogen and oxygen atoms in total. The van der Waals surface area contributed by atoms with Crippen LogP contribution in [0.25, 0.3) is 0 Å². The second kappa shape index (κ2) is 5.63. The van der Waals surface area contributed by atoms with Crippen molar-refractivity contribution in [3.63, 3.8) is 0 Å². The first kappa shape index (κ1) is 15.7. The molecule has 0 aromatic heterocycles. The third-order valence-corrected chi connectivity index (χ3v) is 3.93. The van der Waals surface area contributed by atoms with E-state index in [-0.39, 0.29) is 16.9 Å². The molecule has 0 amide bonds. The number of nitrogens with one attached hydrogen (secondary N) is 2. The fourth-order valence-electron chi connectivity index (χ4n) is 3.44. The van der Waals surface area contributed by atoms with E-state index in [4.69, 9.17) is 11.6 Å². The summed E-state index contributed by atoms with van der Waals surface area (Å²) in [7, 11) is 0. The minimum absolute atomic E-state index is 0.110. The molecule has 1 aromatic carbocycles. The average molecular weight is 299 g/mol. The zero-order valence-electron chi connectivity index (χ0n) is 12.7. The summed E-state index contributed by atoms with van der Waals surface area (Å²) in [6, 6.07) is 5.11. The molecule has 0 radical (unpaired) electrons. The molecule has 0 bridgehead atoms. The van der Waals surface area contributed by atoms with E-state index in [1.165, 1.54) is 12.1 Å². The van der Waals surface area contributed by atoms with E-state index < -0.39 is 0 Å². The Labute approximate surface area is 126 Å². The van der Waals surface area contributed by atoms with E-state index in [9.17, 15) is 4.39 Å². The average Bonchev–Trinajstić information content (AvgIpc) is 2.20. The number of halogens is 2. The Balaban J connectivity index is 1.99. The van der Waals surface area contributed by atoms with Crippen LogP contribution in [0.3, 0.4) is 0 Å². The van der Waals surface area contributed by atoms with Crippen LogP contribution in [0.2, 0.25) is 5.02 Å². The highest BCUT2D eigenvalue weighted by Gasteiger charge is 2.37. The predicted octanol–water partition coefficient (Wildman–Crippen LogP) is 3.88. The molecule has 0 atom stereocenters. The van der Waals surface area contributed by atoms with Gasteiger partial charge in [-0.1, -0.05) is 11.6 Å². The zero-order valence-corrected chi connectivity index (χ0v) is 13.4. The van der Waals surface area contributed by atoms with Crippen molar-refractivity contribution < 1.29 is 4.39 Å². The molecule has 20 heavy (non-hydrogen) atoms. The van der Waals surface area contributed by atoms with Crippen LogP contribution < -0.4 is 10.6 Å². The van der Waals surface area contributed by atoms with Crippen LogP contribution >= 0.6 is 11.6 Å². The maximum absolute atomic E-state index is 13.3. The summed E-state index contributed by atoms with van der Waals surface area (Å²) in [5.74, 6) is -0.278. The molecular formula is C16H24ClFN2. The normalized spacial score (nSPS) is 21.9. The second-order valence-electron chi connectivity index (χ2n) is 7.16. The smallest absolute Gasteiger partial charge is 0.125 e. The van der Waals surface area contributed by atoms with Crippen LogP contribution in [-0.2, 0) is 6.54 Å². The van der Waals surface area contributed by atoms with Gasteiger partial charge in [0.15, 0.2) is 0 Å². The van der Waals surface area contributed by atoms with E-state index in [0.29, 0.717) is 17.6 Å². The van der Waals surface area contributed by atoms with Gasteiger partial charge in [-0.05, 0) is 64.3 Å². The third-order valence-electron chi connectivity index (χ3n) is 3.71. The highest BCUT2D eigenvalue weighted by molar-refractivity contribution is 6.30.